The van der Waals surface area contributed by atoms with E-state index >= 15 is 0 Å². The summed E-state index contributed by atoms with van der Waals surface area (Å²) in [5.41, 5.74) is 8.43. The van der Waals surface area contributed by atoms with Crippen molar-refractivity contribution in [2.75, 3.05) is 15.1 Å². The molecule has 11 heteroatoms. The third kappa shape index (κ3) is 5.88. The first-order valence-corrected chi connectivity index (χ1v) is 21.9. The van der Waals surface area contributed by atoms with E-state index in [1.54, 1.807) is 81.9 Å². The number of imide groups is 2. The SMILES string of the molecule is O=C1C2Cc3c(n(C(=O)c4ccccc4)c4ccccc34)CC2C(=O)N1c1ccc(Nc2ccc(N3C(=O)C4Cc5c(n(C(=O)c6ccccc6)c6ccccc56)CC4C3=O)cc2)cc1. The largest absolute Gasteiger partial charge is 0.356 e. The van der Waals surface area contributed by atoms with Crippen molar-refractivity contribution in [1.82, 2.24) is 9.13 Å². The maximum Gasteiger partial charge on any atom is 0.262 e. The van der Waals surface area contributed by atoms with Gasteiger partial charge in [0.05, 0.1) is 46.1 Å². The van der Waals surface area contributed by atoms with Crippen molar-refractivity contribution in [2.24, 2.45) is 23.7 Å². The van der Waals surface area contributed by atoms with Gasteiger partial charge in [0.1, 0.15) is 0 Å². The highest BCUT2D eigenvalue weighted by molar-refractivity contribution is 6.23. The number of rotatable bonds is 6. The number of nitrogens with zero attached hydrogens (tertiary/aromatic N) is 4. The van der Waals surface area contributed by atoms with Gasteiger partial charge < -0.3 is 5.32 Å². The minimum absolute atomic E-state index is 0.165. The van der Waals surface area contributed by atoms with Crippen LogP contribution in [0.15, 0.2) is 158 Å². The number of aromatic nitrogens is 2. The Hall–Kier alpha value is -8.18. The van der Waals surface area contributed by atoms with Gasteiger partial charge in [-0.1, -0.05) is 72.8 Å². The Kier molecular flexibility index (Phi) is 8.71. The molecule has 1 N–H and O–H groups in total. The molecule has 6 aromatic carbocycles. The van der Waals surface area contributed by atoms with Crippen molar-refractivity contribution in [3.05, 3.63) is 191 Å². The molecular weight excluding hydrogens is 815 g/mol. The number of anilines is 4. The molecule has 11 nitrogen and oxygen atoms in total. The van der Waals surface area contributed by atoms with E-state index in [4.69, 9.17) is 0 Å². The molecule has 4 aliphatic rings. The van der Waals surface area contributed by atoms with Crippen molar-refractivity contribution in [3.63, 3.8) is 0 Å². The fourth-order valence-corrected chi connectivity index (χ4v) is 10.9. The van der Waals surface area contributed by atoms with E-state index in [2.05, 4.69) is 5.32 Å². The molecule has 4 heterocycles. The Morgan fingerprint density at radius 1 is 0.400 bits per heavy atom. The summed E-state index contributed by atoms with van der Waals surface area (Å²) in [4.78, 5) is 86.7. The van der Waals surface area contributed by atoms with Gasteiger partial charge in [-0.2, -0.15) is 0 Å². The molecule has 2 aliphatic carbocycles. The Morgan fingerprint density at radius 2 is 0.738 bits per heavy atom. The second-order valence-corrected chi connectivity index (χ2v) is 17.4. The van der Waals surface area contributed by atoms with Gasteiger partial charge in [0.15, 0.2) is 0 Å². The lowest BCUT2D eigenvalue weighted by Crippen LogP contribution is -2.31. The van der Waals surface area contributed by atoms with E-state index < -0.39 is 23.7 Å². The van der Waals surface area contributed by atoms with Crippen LogP contribution in [-0.4, -0.2) is 44.6 Å². The Labute approximate surface area is 372 Å². The Morgan fingerprint density at radius 3 is 1.12 bits per heavy atom. The fourth-order valence-electron chi connectivity index (χ4n) is 10.9. The predicted octanol–water partition coefficient (Wildman–Crippen LogP) is 8.53. The van der Waals surface area contributed by atoms with Crippen molar-refractivity contribution in [1.29, 1.82) is 0 Å². The summed E-state index contributed by atoms with van der Waals surface area (Å²) < 4.78 is 3.45. The molecule has 0 radical (unpaired) electrons. The minimum atomic E-state index is -0.594. The maximum atomic E-state index is 14.1. The third-order valence-electron chi connectivity index (χ3n) is 14.0. The number of para-hydroxylation sites is 2. The van der Waals surface area contributed by atoms with Gasteiger partial charge in [0.25, 0.3) is 11.8 Å². The number of nitrogens with one attached hydrogen (secondary N) is 1. The highest BCUT2D eigenvalue weighted by Crippen LogP contribution is 2.45. The zero-order valence-electron chi connectivity index (χ0n) is 34.9. The van der Waals surface area contributed by atoms with Crippen molar-refractivity contribution >= 4 is 80.0 Å². The van der Waals surface area contributed by atoms with E-state index in [1.807, 2.05) is 84.9 Å². The molecule has 4 amide bonds. The summed E-state index contributed by atoms with van der Waals surface area (Å²) in [6, 6.07) is 47.8. The van der Waals surface area contributed by atoms with E-state index in [0.717, 1.165) is 44.3 Å². The molecular formula is C54H39N5O6. The van der Waals surface area contributed by atoms with E-state index in [0.29, 0.717) is 46.7 Å². The third-order valence-corrected chi connectivity index (χ3v) is 14.0. The van der Waals surface area contributed by atoms with Gasteiger partial charge in [-0.25, -0.2) is 0 Å². The number of hydrogen-bond donors (Lipinski definition) is 1. The lowest BCUT2D eigenvalue weighted by molar-refractivity contribution is -0.124. The van der Waals surface area contributed by atoms with Gasteiger partial charge in [-0.05, 0) is 109 Å². The molecule has 2 fully saturated rings. The van der Waals surface area contributed by atoms with Crippen LogP contribution < -0.4 is 15.1 Å². The highest BCUT2D eigenvalue weighted by Gasteiger charge is 2.53. The minimum Gasteiger partial charge on any atom is -0.356 e. The van der Waals surface area contributed by atoms with Crippen LogP contribution >= 0.6 is 0 Å². The topological polar surface area (TPSA) is 131 Å². The molecule has 12 rings (SSSR count). The first-order chi connectivity index (χ1) is 31.7. The lowest BCUT2D eigenvalue weighted by atomic mass is 9.79. The van der Waals surface area contributed by atoms with Gasteiger partial charge in [0.2, 0.25) is 23.6 Å². The monoisotopic (exact) mass is 853 g/mol. The molecule has 8 aromatic rings. The quantitative estimate of drug-likeness (QED) is 0.166. The lowest BCUT2D eigenvalue weighted by Gasteiger charge is -2.23. The van der Waals surface area contributed by atoms with Crippen LogP contribution in [0.1, 0.15) is 43.2 Å². The first kappa shape index (κ1) is 38.5. The average Bonchev–Trinajstić information content (AvgIpc) is 4.01. The smallest absolute Gasteiger partial charge is 0.262 e. The molecule has 0 bridgehead atoms. The van der Waals surface area contributed by atoms with Crippen molar-refractivity contribution in [2.45, 2.75) is 25.7 Å². The summed E-state index contributed by atoms with van der Waals surface area (Å²) in [6.45, 7) is 0. The van der Waals surface area contributed by atoms with E-state index in [9.17, 15) is 28.8 Å². The zero-order chi connectivity index (χ0) is 44.1. The average molecular weight is 854 g/mol. The number of hydrogen-bond acceptors (Lipinski definition) is 7. The predicted molar refractivity (Wildman–Crippen MR) is 246 cm³/mol. The molecule has 4 atom stereocenters. The van der Waals surface area contributed by atoms with Crippen LogP contribution in [0.4, 0.5) is 22.7 Å². The van der Waals surface area contributed by atoms with Gasteiger partial charge in [-0.3, -0.25) is 47.7 Å². The van der Waals surface area contributed by atoms with Gasteiger partial charge >= 0.3 is 0 Å². The molecule has 2 aromatic heterocycles. The molecule has 0 spiro atoms. The van der Waals surface area contributed by atoms with Crippen LogP contribution in [0.25, 0.3) is 21.8 Å². The van der Waals surface area contributed by atoms with Gasteiger partial charge in [0, 0.05) is 57.5 Å². The zero-order valence-corrected chi connectivity index (χ0v) is 34.9. The van der Waals surface area contributed by atoms with Crippen LogP contribution in [0.5, 0.6) is 0 Å². The number of carbonyl (C=O) groups excluding carboxylic acids is 6. The molecule has 4 unspecified atom stereocenters. The standard InChI is InChI=1S/C54H39N5O6/c60-49(31-11-3-1-4-12-31)58-45-17-9-7-15-37(45)39-27-41-43(29-47(39)58)53(64)56(51(41)62)35-23-19-33(20-24-35)55-34-21-25-36(26-22-34)57-52(63)42-28-40-38-16-8-10-18-46(38)59(48(40)30-44(42)54(57)65)50(61)32-13-5-2-6-14-32/h1-26,41-44,55H,27-30H2. The second kappa shape index (κ2) is 14.7. The molecule has 316 valence electrons. The van der Waals surface area contributed by atoms with Crippen LogP contribution in [0.3, 0.4) is 0 Å². The molecule has 0 saturated carbocycles. The Balaban J connectivity index is 0.750. The van der Waals surface area contributed by atoms with Gasteiger partial charge in [-0.15, -0.1) is 0 Å². The van der Waals surface area contributed by atoms with E-state index in [1.165, 1.54) is 9.80 Å². The fraction of sp³-hybridized carbons (Fsp3) is 0.148. The number of carbonyl (C=O) groups is 6. The Bertz CT molecular complexity index is 3110. The highest BCUT2D eigenvalue weighted by atomic mass is 16.2. The summed E-state index contributed by atoms with van der Waals surface area (Å²) in [5.74, 6) is -3.65. The van der Waals surface area contributed by atoms with Crippen LogP contribution in [-0.2, 0) is 44.9 Å². The normalized spacial score (nSPS) is 19.9. The summed E-state index contributed by atoms with van der Waals surface area (Å²) >= 11 is 0. The summed E-state index contributed by atoms with van der Waals surface area (Å²) in [7, 11) is 0. The first-order valence-electron chi connectivity index (χ1n) is 21.9. The number of fused-ring (bicyclic) bond motifs is 8. The summed E-state index contributed by atoms with van der Waals surface area (Å²) in [5, 5.41) is 5.18. The number of amides is 4. The molecule has 65 heavy (non-hydrogen) atoms. The second-order valence-electron chi connectivity index (χ2n) is 17.4. The van der Waals surface area contributed by atoms with Crippen LogP contribution in [0, 0.1) is 23.7 Å². The molecule has 2 saturated heterocycles. The van der Waals surface area contributed by atoms with Crippen molar-refractivity contribution in [3.8, 4) is 0 Å². The number of benzene rings is 6. The van der Waals surface area contributed by atoms with E-state index in [-0.39, 0.29) is 48.3 Å². The molecule has 2 aliphatic heterocycles. The maximum absolute atomic E-state index is 14.1. The summed E-state index contributed by atoms with van der Waals surface area (Å²) in [6.07, 6.45) is 1.29. The van der Waals surface area contributed by atoms with Crippen molar-refractivity contribution < 1.29 is 28.8 Å². The van der Waals surface area contributed by atoms with Crippen LogP contribution in [0.2, 0.25) is 0 Å².